The third kappa shape index (κ3) is 6.35. The molecule has 196 valence electrons. The van der Waals surface area contributed by atoms with E-state index in [9.17, 15) is 22.4 Å². The molecule has 0 aliphatic heterocycles. The van der Waals surface area contributed by atoms with Crippen LogP contribution in [0.25, 0.3) is 0 Å². The van der Waals surface area contributed by atoms with Crippen molar-refractivity contribution in [3.05, 3.63) is 95.3 Å². The largest absolute Gasteiger partial charge is 0.357 e. The van der Waals surface area contributed by atoms with Crippen LogP contribution in [-0.2, 0) is 26.2 Å². The minimum atomic E-state index is -4.32. The topological polar surface area (TPSA) is 86.8 Å². The zero-order valence-electron chi connectivity index (χ0n) is 21.4. The van der Waals surface area contributed by atoms with Crippen LogP contribution in [0, 0.1) is 19.7 Å². The van der Waals surface area contributed by atoms with Crippen LogP contribution in [0.1, 0.15) is 30.0 Å². The highest BCUT2D eigenvalue weighted by Crippen LogP contribution is 2.27. The van der Waals surface area contributed by atoms with Gasteiger partial charge in [-0.25, -0.2) is 12.8 Å². The number of hydrogen-bond acceptors (Lipinski definition) is 4. The number of benzene rings is 3. The van der Waals surface area contributed by atoms with Crippen molar-refractivity contribution in [2.24, 2.45) is 0 Å². The Hall–Kier alpha value is -3.72. The highest BCUT2D eigenvalue weighted by molar-refractivity contribution is 7.92. The number of hydrogen-bond donors (Lipinski definition) is 1. The van der Waals surface area contributed by atoms with Gasteiger partial charge in [0.1, 0.15) is 18.4 Å². The van der Waals surface area contributed by atoms with Crippen molar-refractivity contribution in [3.63, 3.8) is 0 Å². The van der Waals surface area contributed by atoms with Gasteiger partial charge in [0, 0.05) is 13.6 Å². The first-order valence-corrected chi connectivity index (χ1v) is 13.4. The summed E-state index contributed by atoms with van der Waals surface area (Å²) in [5.41, 5.74) is 2.34. The Labute approximate surface area is 218 Å². The molecule has 0 spiro atoms. The average molecular weight is 526 g/mol. The number of amides is 2. The molecule has 0 aliphatic carbocycles. The van der Waals surface area contributed by atoms with Crippen molar-refractivity contribution in [1.29, 1.82) is 0 Å². The van der Waals surface area contributed by atoms with E-state index in [1.54, 1.807) is 19.1 Å². The molecular formula is C28H32FN3O4S. The molecular weight excluding hydrogens is 493 g/mol. The molecule has 3 aromatic carbocycles. The summed E-state index contributed by atoms with van der Waals surface area (Å²) in [4.78, 5) is 27.8. The van der Waals surface area contributed by atoms with E-state index < -0.39 is 34.3 Å². The molecule has 0 bridgehead atoms. The van der Waals surface area contributed by atoms with Crippen LogP contribution in [0.3, 0.4) is 0 Å². The number of carbonyl (C=O) groups is 2. The molecule has 0 unspecified atom stereocenters. The van der Waals surface area contributed by atoms with Gasteiger partial charge in [0.25, 0.3) is 10.0 Å². The second-order valence-corrected chi connectivity index (χ2v) is 10.6. The fraction of sp³-hybridized carbons (Fsp3) is 0.286. The minimum absolute atomic E-state index is 0.0713. The van der Waals surface area contributed by atoms with Crippen LogP contribution in [0.5, 0.6) is 0 Å². The first kappa shape index (κ1) is 27.9. The normalized spacial score (nSPS) is 12.0. The molecule has 7 nitrogen and oxygen atoms in total. The predicted molar refractivity (Wildman–Crippen MR) is 142 cm³/mol. The van der Waals surface area contributed by atoms with Gasteiger partial charge in [-0.15, -0.1) is 0 Å². The second-order valence-electron chi connectivity index (χ2n) is 8.76. The van der Waals surface area contributed by atoms with Crippen molar-refractivity contribution in [2.75, 3.05) is 17.9 Å². The summed E-state index contributed by atoms with van der Waals surface area (Å²) in [6, 6.07) is 18.1. The third-order valence-electron chi connectivity index (χ3n) is 6.24. The fourth-order valence-electron chi connectivity index (χ4n) is 4.06. The maximum atomic E-state index is 14.9. The number of halogens is 1. The van der Waals surface area contributed by atoms with Crippen LogP contribution in [0.2, 0.25) is 0 Å². The number of rotatable bonds is 10. The predicted octanol–water partition coefficient (Wildman–Crippen LogP) is 4.19. The third-order valence-corrected chi connectivity index (χ3v) is 8.02. The van der Waals surface area contributed by atoms with Gasteiger partial charge < -0.3 is 10.2 Å². The van der Waals surface area contributed by atoms with Crippen molar-refractivity contribution >= 4 is 27.5 Å². The maximum absolute atomic E-state index is 14.9. The van der Waals surface area contributed by atoms with E-state index in [1.807, 2.05) is 38.1 Å². The van der Waals surface area contributed by atoms with Gasteiger partial charge in [0.05, 0.1) is 10.6 Å². The van der Waals surface area contributed by atoms with Crippen LogP contribution in [0.4, 0.5) is 10.1 Å². The van der Waals surface area contributed by atoms with Crippen LogP contribution in [0.15, 0.2) is 77.7 Å². The van der Waals surface area contributed by atoms with Gasteiger partial charge in [-0.1, -0.05) is 61.0 Å². The summed E-state index contributed by atoms with van der Waals surface area (Å²) >= 11 is 0. The molecule has 3 aromatic rings. The van der Waals surface area contributed by atoms with Gasteiger partial charge >= 0.3 is 0 Å². The quantitative estimate of drug-likeness (QED) is 0.430. The number of likely N-dealkylation sites (N-methyl/N-ethyl adjacent to an activating group) is 1. The van der Waals surface area contributed by atoms with Crippen molar-refractivity contribution in [2.45, 2.75) is 44.7 Å². The van der Waals surface area contributed by atoms with Crippen molar-refractivity contribution in [1.82, 2.24) is 10.2 Å². The molecule has 3 rings (SSSR count). The monoisotopic (exact) mass is 525 g/mol. The Bertz CT molecular complexity index is 1360. The minimum Gasteiger partial charge on any atom is -0.357 e. The Morgan fingerprint density at radius 2 is 1.57 bits per heavy atom. The molecule has 0 saturated carbocycles. The molecule has 1 N–H and O–H groups in total. The van der Waals surface area contributed by atoms with Crippen LogP contribution < -0.4 is 9.62 Å². The molecule has 0 saturated heterocycles. The number of aryl methyl sites for hydroxylation is 2. The summed E-state index contributed by atoms with van der Waals surface area (Å²) in [6.07, 6.45) is 0.307. The van der Waals surface area contributed by atoms with E-state index >= 15 is 0 Å². The smallest absolute Gasteiger partial charge is 0.264 e. The van der Waals surface area contributed by atoms with Crippen LogP contribution in [-0.4, -0.2) is 44.8 Å². The number of nitrogens with one attached hydrogen (secondary N) is 1. The lowest BCUT2D eigenvalue weighted by Gasteiger charge is -2.33. The number of carbonyl (C=O) groups excluding carboxylic acids is 2. The standard InChI is InChI=1S/C28H32FN3O4S/c1-5-25(28(34)30-4)31(18-22-11-7-6-10-21(22)3)27(33)19-32(26-13-9-8-12-24(26)29)37(35,36)23-16-14-20(2)15-17-23/h6-17,25H,5,18-19H2,1-4H3,(H,30,34)/t25-/m0/s1. The van der Waals surface area contributed by atoms with Crippen LogP contribution >= 0.6 is 0 Å². The van der Waals surface area contributed by atoms with Gasteiger partial charge in [-0.3, -0.25) is 13.9 Å². The summed E-state index contributed by atoms with van der Waals surface area (Å²) in [5.74, 6) is -1.78. The lowest BCUT2D eigenvalue weighted by molar-refractivity contribution is -0.140. The molecule has 0 aliphatic rings. The van der Waals surface area contributed by atoms with Gasteiger partial charge in [-0.2, -0.15) is 0 Å². The molecule has 2 amide bonds. The van der Waals surface area contributed by atoms with Crippen molar-refractivity contribution < 1.29 is 22.4 Å². The van der Waals surface area contributed by atoms with Crippen molar-refractivity contribution in [3.8, 4) is 0 Å². The summed E-state index contributed by atoms with van der Waals surface area (Å²) in [7, 11) is -2.83. The highest BCUT2D eigenvalue weighted by Gasteiger charge is 2.34. The molecule has 0 radical (unpaired) electrons. The van der Waals surface area contributed by atoms with Gasteiger partial charge in [-0.05, 0) is 55.7 Å². The van der Waals surface area contributed by atoms with E-state index in [1.165, 1.54) is 42.3 Å². The summed E-state index contributed by atoms with van der Waals surface area (Å²) in [5, 5.41) is 2.58. The van der Waals surface area contributed by atoms with Gasteiger partial charge in [0.2, 0.25) is 11.8 Å². The SMILES string of the molecule is CC[C@@H](C(=O)NC)N(Cc1ccccc1C)C(=O)CN(c1ccccc1F)S(=O)(=O)c1ccc(C)cc1. The molecule has 9 heteroatoms. The number of para-hydroxylation sites is 1. The first-order valence-electron chi connectivity index (χ1n) is 12.0. The van der Waals surface area contributed by atoms with E-state index in [0.717, 1.165) is 27.1 Å². The number of anilines is 1. The zero-order valence-corrected chi connectivity index (χ0v) is 22.3. The first-order chi connectivity index (χ1) is 17.6. The Morgan fingerprint density at radius 3 is 2.16 bits per heavy atom. The Kier molecular flexibility index (Phi) is 9.04. The second kappa shape index (κ2) is 12.0. The maximum Gasteiger partial charge on any atom is 0.264 e. The molecule has 0 heterocycles. The fourth-order valence-corrected chi connectivity index (χ4v) is 5.48. The zero-order chi connectivity index (χ0) is 27.2. The molecule has 0 fully saturated rings. The van der Waals surface area contributed by atoms with Gasteiger partial charge in [0.15, 0.2) is 0 Å². The highest BCUT2D eigenvalue weighted by atomic mass is 32.2. The Balaban J connectivity index is 2.08. The van der Waals surface area contributed by atoms with E-state index in [2.05, 4.69) is 5.32 Å². The average Bonchev–Trinajstić information content (AvgIpc) is 2.88. The summed E-state index contributed by atoms with van der Waals surface area (Å²) < 4.78 is 43.1. The number of sulfonamides is 1. The Morgan fingerprint density at radius 1 is 0.946 bits per heavy atom. The molecule has 37 heavy (non-hydrogen) atoms. The number of nitrogens with zero attached hydrogens (tertiary/aromatic N) is 2. The van der Waals surface area contributed by atoms with E-state index in [-0.39, 0.29) is 23.0 Å². The van der Waals surface area contributed by atoms with E-state index in [4.69, 9.17) is 0 Å². The van der Waals surface area contributed by atoms with E-state index in [0.29, 0.717) is 6.42 Å². The molecule has 0 aromatic heterocycles. The lowest BCUT2D eigenvalue weighted by Crippen LogP contribution is -2.52. The molecule has 1 atom stereocenters. The lowest BCUT2D eigenvalue weighted by atomic mass is 10.1. The summed E-state index contributed by atoms with van der Waals surface area (Å²) in [6.45, 7) is 4.90.